The summed E-state index contributed by atoms with van der Waals surface area (Å²) in [6, 6.07) is 0. The van der Waals surface area contributed by atoms with Gasteiger partial charge in [-0.1, -0.05) is 0 Å². The monoisotopic (exact) mass is 249 g/mol. The first-order valence-electron chi connectivity index (χ1n) is 7.97. The Morgan fingerprint density at radius 2 is 1.67 bits per heavy atom. The fourth-order valence-electron chi connectivity index (χ4n) is 6.31. The third-order valence-corrected chi connectivity index (χ3v) is 6.50. The van der Waals surface area contributed by atoms with Crippen LogP contribution in [-0.2, 0) is 4.74 Å². The molecule has 0 radical (unpaired) electrons. The highest BCUT2D eigenvalue weighted by Gasteiger charge is 2.54. The predicted molar refractivity (Wildman–Crippen MR) is 72.4 cm³/mol. The van der Waals surface area contributed by atoms with Crippen molar-refractivity contribution in [3.8, 4) is 0 Å². The number of ether oxygens (including phenoxy) is 1. The summed E-state index contributed by atoms with van der Waals surface area (Å²) in [7, 11) is 1.94. The minimum Gasteiger partial charge on any atom is -0.377 e. The van der Waals surface area contributed by atoms with Gasteiger partial charge in [-0.3, -0.25) is 0 Å². The zero-order valence-corrected chi connectivity index (χ0v) is 11.7. The molecule has 1 aliphatic heterocycles. The summed E-state index contributed by atoms with van der Waals surface area (Å²) in [5.41, 5.74) is 0.836. The summed E-state index contributed by atoms with van der Waals surface area (Å²) in [6.45, 7) is 2.24. The number of hydrogen-bond acceptors (Lipinski definition) is 2. The van der Waals surface area contributed by atoms with Crippen molar-refractivity contribution in [3.63, 3.8) is 0 Å². The SMILES string of the molecule is COC1(CC23CC4CC(CC(C4)C2)C3)CCNC1. The third kappa shape index (κ3) is 1.76. The molecule has 1 heterocycles. The Balaban J connectivity index is 1.56. The highest BCUT2D eigenvalue weighted by molar-refractivity contribution is 5.05. The van der Waals surface area contributed by atoms with Gasteiger partial charge in [-0.2, -0.15) is 0 Å². The van der Waals surface area contributed by atoms with Crippen molar-refractivity contribution in [3.05, 3.63) is 0 Å². The van der Waals surface area contributed by atoms with Crippen molar-refractivity contribution in [2.24, 2.45) is 23.2 Å². The van der Waals surface area contributed by atoms with Crippen LogP contribution in [0.5, 0.6) is 0 Å². The van der Waals surface area contributed by atoms with Gasteiger partial charge in [0.25, 0.3) is 0 Å². The largest absolute Gasteiger partial charge is 0.377 e. The van der Waals surface area contributed by atoms with E-state index < -0.39 is 0 Å². The standard InChI is InChI=1S/C16H27NO/c1-18-16(2-3-17-11-16)10-15-7-12-4-13(8-15)6-14(5-12)9-15/h12-14,17H,2-11H2,1H3. The summed E-state index contributed by atoms with van der Waals surface area (Å²) >= 11 is 0. The van der Waals surface area contributed by atoms with Gasteiger partial charge in [-0.25, -0.2) is 0 Å². The summed E-state index contributed by atoms with van der Waals surface area (Å²) < 4.78 is 5.98. The molecule has 5 fully saturated rings. The van der Waals surface area contributed by atoms with Gasteiger partial charge in [-0.05, 0) is 81.1 Å². The Labute approximate surface area is 111 Å². The van der Waals surface area contributed by atoms with Crippen LogP contribution >= 0.6 is 0 Å². The van der Waals surface area contributed by atoms with E-state index in [-0.39, 0.29) is 5.60 Å². The first-order valence-corrected chi connectivity index (χ1v) is 7.97. The molecule has 1 unspecified atom stereocenters. The average Bonchev–Trinajstić information content (AvgIpc) is 2.75. The van der Waals surface area contributed by atoms with Crippen LogP contribution in [0.4, 0.5) is 0 Å². The van der Waals surface area contributed by atoms with Crippen molar-refractivity contribution in [1.82, 2.24) is 5.32 Å². The van der Waals surface area contributed by atoms with E-state index in [2.05, 4.69) is 5.32 Å². The van der Waals surface area contributed by atoms with E-state index >= 15 is 0 Å². The average molecular weight is 249 g/mol. The minimum atomic E-state index is 0.172. The van der Waals surface area contributed by atoms with Crippen molar-refractivity contribution in [2.45, 2.75) is 57.0 Å². The molecule has 2 heteroatoms. The topological polar surface area (TPSA) is 21.3 Å². The van der Waals surface area contributed by atoms with Crippen molar-refractivity contribution in [1.29, 1.82) is 0 Å². The molecule has 1 atom stereocenters. The molecule has 102 valence electrons. The van der Waals surface area contributed by atoms with Gasteiger partial charge in [0.05, 0.1) is 5.60 Å². The number of methoxy groups -OCH3 is 1. The number of hydrogen-bond donors (Lipinski definition) is 1. The maximum Gasteiger partial charge on any atom is 0.0819 e. The molecule has 1 N–H and O–H groups in total. The van der Waals surface area contributed by atoms with Crippen LogP contribution in [0.15, 0.2) is 0 Å². The van der Waals surface area contributed by atoms with Crippen LogP contribution in [0.25, 0.3) is 0 Å². The highest BCUT2D eigenvalue weighted by Crippen LogP contribution is 2.62. The second-order valence-electron chi connectivity index (χ2n) is 7.91. The van der Waals surface area contributed by atoms with Crippen LogP contribution in [0, 0.1) is 23.2 Å². The summed E-state index contributed by atoms with van der Waals surface area (Å²) in [5.74, 6) is 3.21. The Bertz CT molecular complexity index is 297. The molecule has 4 saturated carbocycles. The molecule has 4 aliphatic carbocycles. The molecule has 0 aromatic rings. The van der Waals surface area contributed by atoms with Gasteiger partial charge in [0, 0.05) is 13.7 Å². The molecule has 18 heavy (non-hydrogen) atoms. The Morgan fingerprint density at radius 1 is 1.06 bits per heavy atom. The molecule has 0 amide bonds. The van der Waals surface area contributed by atoms with E-state index in [0.29, 0.717) is 5.41 Å². The number of rotatable bonds is 3. The van der Waals surface area contributed by atoms with E-state index in [4.69, 9.17) is 4.74 Å². The lowest BCUT2D eigenvalue weighted by atomic mass is 9.48. The Kier molecular flexibility index (Phi) is 2.58. The van der Waals surface area contributed by atoms with Gasteiger partial charge in [0.2, 0.25) is 0 Å². The quantitative estimate of drug-likeness (QED) is 0.830. The van der Waals surface area contributed by atoms with Gasteiger partial charge in [0.1, 0.15) is 0 Å². The van der Waals surface area contributed by atoms with E-state index in [9.17, 15) is 0 Å². The van der Waals surface area contributed by atoms with Gasteiger partial charge in [-0.15, -0.1) is 0 Å². The van der Waals surface area contributed by atoms with Gasteiger partial charge >= 0.3 is 0 Å². The van der Waals surface area contributed by atoms with Crippen molar-refractivity contribution >= 4 is 0 Å². The second kappa shape index (κ2) is 3.96. The smallest absolute Gasteiger partial charge is 0.0819 e. The molecule has 2 nitrogen and oxygen atoms in total. The normalized spacial score (nSPS) is 54.2. The summed E-state index contributed by atoms with van der Waals surface area (Å²) in [4.78, 5) is 0. The molecule has 0 aromatic heterocycles. The fraction of sp³-hybridized carbons (Fsp3) is 1.00. The van der Waals surface area contributed by atoms with E-state index in [1.165, 1.54) is 32.1 Å². The van der Waals surface area contributed by atoms with Gasteiger partial charge < -0.3 is 10.1 Å². The first-order chi connectivity index (χ1) is 8.71. The Morgan fingerprint density at radius 3 is 2.11 bits per heavy atom. The third-order valence-electron chi connectivity index (χ3n) is 6.50. The van der Waals surface area contributed by atoms with Crippen LogP contribution in [0.2, 0.25) is 0 Å². The Hall–Kier alpha value is -0.0800. The van der Waals surface area contributed by atoms with Crippen LogP contribution in [0.1, 0.15) is 51.4 Å². The lowest BCUT2D eigenvalue weighted by molar-refractivity contribution is -0.109. The lowest BCUT2D eigenvalue weighted by Crippen LogP contribution is -2.50. The van der Waals surface area contributed by atoms with E-state index in [0.717, 1.165) is 30.8 Å². The molecule has 4 bridgehead atoms. The lowest BCUT2D eigenvalue weighted by Gasteiger charge is -2.58. The zero-order chi connectivity index (χ0) is 12.2. The molecule has 1 saturated heterocycles. The molecule has 0 aromatic carbocycles. The molecule has 5 rings (SSSR count). The minimum absolute atomic E-state index is 0.172. The van der Waals surface area contributed by atoms with Crippen LogP contribution < -0.4 is 5.32 Å². The maximum absolute atomic E-state index is 5.98. The second-order valence-corrected chi connectivity index (χ2v) is 7.91. The van der Waals surface area contributed by atoms with Crippen LogP contribution in [-0.4, -0.2) is 25.8 Å². The molecular formula is C16H27NO. The maximum atomic E-state index is 5.98. The fourth-order valence-corrected chi connectivity index (χ4v) is 6.31. The predicted octanol–water partition coefficient (Wildman–Crippen LogP) is 2.97. The van der Waals surface area contributed by atoms with E-state index in [1.807, 2.05) is 7.11 Å². The number of nitrogens with one attached hydrogen (secondary N) is 1. The van der Waals surface area contributed by atoms with Crippen molar-refractivity contribution < 1.29 is 4.74 Å². The summed E-state index contributed by atoms with van der Waals surface area (Å²) in [5, 5.41) is 3.52. The first kappa shape index (κ1) is 11.7. The van der Waals surface area contributed by atoms with Gasteiger partial charge in [0.15, 0.2) is 0 Å². The summed E-state index contributed by atoms with van der Waals surface area (Å²) in [6.07, 6.45) is 11.8. The molecule has 5 aliphatic rings. The molecule has 0 spiro atoms. The van der Waals surface area contributed by atoms with E-state index in [1.54, 1.807) is 19.3 Å². The van der Waals surface area contributed by atoms with Crippen LogP contribution in [0.3, 0.4) is 0 Å². The zero-order valence-electron chi connectivity index (χ0n) is 11.7. The highest BCUT2D eigenvalue weighted by atomic mass is 16.5. The molecular weight excluding hydrogens is 222 g/mol. The van der Waals surface area contributed by atoms with Crippen molar-refractivity contribution in [2.75, 3.05) is 20.2 Å².